The summed E-state index contributed by atoms with van der Waals surface area (Å²) in [6, 6.07) is 2.03. The maximum absolute atomic E-state index is 11.5. The highest BCUT2D eigenvalue weighted by atomic mass is 32.2. The van der Waals surface area contributed by atoms with Crippen molar-refractivity contribution >= 4 is 35.0 Å². The molecule has 1 aromatic carbocycles. The van der Waals surface area contributed by atoms with Crippen LogP contribution < -0.4 is 11.1 Å². The van der Waals surface area contributed by atoms with Gasteiger partial charge in [0.15, 0.2) is 0 Å². The monoisotopic (exact) mass is 344 g/mol. The molecule has 0 aromatic heterocycles. The Bertz CT molecular complexity index is 651. The Hall–Kier alpha value is -2.73. The van der Waals surface area contributed by atoms with Gasteiger partial charge in [0, 0.05) is 11.8 Å². The molecule has 0 bridgehead atoms. The summed E-state index contributed by atoms with van der Waals surface area (Å²) in [6.45, 7) is -0.588. The van der Waals surface area contributed by atoms with Crippen LogP contribution in [0.5, 0.6) is 0 Å². The average Bonchev–Trinajstić information content (AvgIpc) is 2.49. The highest BCUT2D eigenvalue weighted by Gasteiger charge is 2.22. The predicted octanol–water partition coefficient (Wildman–Crippen LogP) is 0.123. The zero-order chi connectivity index (χ0) is 17.6. The summed E-state index contributed by atoms with van der Waals surface area (Å²) in [5.74, 6) is -2.02. The number of nitrogens with two attached hydrogens (primary N) is 1. The zero-order valence-electron chi connectivity index (χ0n) is 11.5. The maximum atomic E-state index is 11.5. The molecule has 0 unspecified atom stereocenters. The first-order valence-electron chi connectivity index (χ1n) is 6.03. The molecule has 0 spiro atoms. The molecule has 23 heavy (non-hydrogen) atoms. The van der Waals surface area contributed by atoms with Crippen molar-refractivity contribution in [3.63, 3.8) is 0 Å². The third-order valence-corrected chi connectivity index (χ3v) is 3.70. The second-order valence-electron chi connectivity index (χ2n) is 4.20. The van der Waals surface area contributed by atoms with E-state index in [-0.39, 0.29) is 10.6 Å². The molecule has 0 aliphatic rings. The first-order chi connectivity index (χ1) is 10.7. The number of amides is 1. The van der Waals surface area contributed by atoms with Gasteiger partial charge in [0.1, 0.15) is 6.54 Å². The van der Waals surface area contributed by atoms with Crippen molar-refractivity contribution in [1.29, 1.82) is 0 Å². The Labute approximate surface area is 133 Å². The molecule has 11 nitrogen and oxygen atoms in total. The number of benzene rings is 1. The Kier molecular flexibility index (Phi) is 6.41. The quantitative estimate of drug-likeness (QED) is 0.335. The van der Waals surface area contributed by atoms with Gasteiger partial charge in [0.2, 0.25) is 5.91 Å². The largest absolute Gasteiger partial charge is 0.480 e. The molecule has 0 radical (unpaired) electrons. The number of carbonyl (C=O) groups excluding carboxylic acids is 1. The van der Waals surface area contributed by atoms with E-state index in [9.17, 15) is 29.8 Å². The number of aliphatic carboxylic acids is 1. The molecule has 0 saturated heterocycles. The normalized spacial score (nSPS) is 11.5. The number of nitrogens with one attached hydrogen (secondary N) is 1. The van der Waals surface area contributed by atoms with Gasteiger partial charge < -0.3 is 16.2 Å². The third-order valence-electron chi connectivity index (χ3n) is 2.52. The van der Waals surface area contributed by atoms with Gasteiger partial charge in [-0.2, -0.15) is 0 Å². The third kappa shape index (κ3) is 5.52. The van der Waals surface area contributed by atoms with E-state index in [2.05, 4.69) is 5.32 Å². The van der Waals surface area contributed by atoms with Crippen LogP contribution in [0.3, 0.4) is 0 Å². The number of thioether (sulfide) groups is 1. The van der Waals surface area contributed by atoms with Crippen LogP contribution in [0.15, 0.2) is 23.1 Å². The lowest BCUT2D eigenvalue weighted by molar-refractivity contribution is -0.396. The first-order valence-corrected chi connectivity index (χ1v) is 7.01. The van der Waals surface area contributed by atoms with Crippen LogP contribution in [0.4, 0.5) is 11.4 Å². The van der Waals surface area contributed by atoms with E-state index < -0.39 is 45.7 Å². The average molecular weight is 344 g/mol. The van der Waals surface area contributed by atoms with Gasteiger partial charge >= 0.3 is 5.97 Å². The molecule has 0 fully saturated rings. The maximum Gasteiger partial charge on any atom is 0.322 e. The molecule has 1 aromatic rings. The van der Waals surface area contributed by atoms with Crippen LogP contribution >= 0.6 is 11.8 Å². The number of rotatable bonds is 8. The summed E-state index contributed by atoms with van der Waals surface area (Å²) in [4.78, 5) is 42.0. The highest BCUT2D eigenvalue weighted by molar-refractivity contribution is 7.99. The number of non-ortho nitro benzene ring substituents is 1. The lowest BCUT2D eigenvalue weighted by Gasteiger charge is -2.10. The van der Waals surface area contributed by atoms with Crippen LogP contribution in [-0.2, 0) is 9.59 Å². The molecule has 1 atom stereocenters. The van der Waals surface area contributed by atoms with Gasteiger partial charge in [0.25, 0.3) is 11.4 Å². The van der Waals surface area contributed by atoms with E-state index in [1.165, 1.54) is 6.07 Å². The van der Waals surface area contributed by atoms with Crippen LogP contribution in [0.2, 0.25) is 0 Å². The summed E-state index contributed by atoms with van der Waals surface area (Å²) in [5, 5.41) is 32.1. The van der Waals surface area contributed by atoms with Gasteiger partial charge in [-0.15, -0.1) is 11.8 Å². The van der Waals surface area contributed by atoms with Crippen LogP contribution in [0.1, 0.15) is 0 Å². The van der Waals surface area contributed by atoms with Gasteiger partial charge in [0.05, 0.1) is 26.9 Å². The Balaban J connectivity index is 2.77. The van der Waals surface area contributed by atoms with Crippen molar-refractivity contribution in [1.82, 2.24) is 5.32 Å². The van der Waals surface area contributed by atoms with Crippen LogP contribution in [0.25, 0.3) is 0 Å². The number of nitrogens with zero attached hydrogens (tertiary/aromatic N) is 2. The van der Waals surface area contributed by atoms with Crippen molar-refractivity contribution < 1.29 is 24.5 Å². The molecular formula is C11H12N4O7S. The molecular weight excluding hydrogens is 332 g/mol. The van der Waals surface area contributed by atoms with Crippen molar-refractivity contribution in [2.75, 3.05) is 12.3 Å². The van der Waals surface area contributed by atoms with Gasteiger partial charge in [-0.25, -0.2) is 0 Å². The van der Waals surface area contributed by atoms with Gasteiger partial charge in [-0.1, -0.05) is 0 Å². The molecule has 0 aliphatic carbocycles. The highest BCUT2D eigenvalue weighted by Crippen LogP contribution is 2.32. The summed E-state index contributed by atoms with van der Waals surface area (Å²) >= 11 is 0.869. The fraction of sp³-hybridized carbons (Fsp3) is 0.273. The van der Waals surface area contributed by atoms with E-state index in [1.807, 2.05) is 0 Å². The smallest absolute Gasteiger partial charge is 0.322 e. The minimum atomic E-state index is -1.23. The Morgan fingerprint density at radius 2 is 1.96 bits per heavy atom. The number of carboxylic acids is 1. The van der Waals surface area contributed by atoms with Crippen molar-refractivity contribution in [3.05, 3.63) is 38.4 Å². The number of carboxylic acid groups (broad SMARTS) is 1. The lowest BCUT2D eigenvalue weighted by Crippen LogP contribution is -2.44. The van der Waals surface area contributed by atoms with Crippen molar-refractivity contribution in [2.45, 2.75) is 10.9 Å². The number of nitro groups is 2. The molecule has 124 valence electrons. The molecule has 0 saturated carbocycles. The lowest BCUT2D eigenvalue weighted by atomic mass is 10.3. The van der Waals surface area contributed by atoms with E-state index in [0.717, 1.165) is 23.9 Å². The first kappa shape index (κ1) is 18.3. The second kappa shape index (κ2) is 8.05. The Morgan fingerprint density at radius 1 is 1.30 bits per heavy atom. The number of carbonyl (C=O) groups is 2. The number of nitro benzene ring substituents is 2. The van der Waals surface area contributed by atoms with Crippen LogP contribution in [0, 0.1) is 20.2 Å². The second-order valence-corrected chi connectivity index (χ2v) is 5.26. The molecule has 4 N–H and O–H groups in total. The molecule has 1 amide bonds. The number of hydrogen-bond donors (Lipinski definition) is 3. The van der Waals surface area contributed by atoms with Gasteiger partial charge in [-0.05, 0) is 6.07 Å². The summed E-state index contributed by atoms with van der Waals surface area (Å²) < 4.78 is 0. The summed E-state index contributed by atoms with van der Waals surface area (Å²) in [5.41, 5.74) is 4.66. The fourth-order valence-electron chi connectivity index (χ4n) is 1.43. The van der Waals surface area contributed by atoms with Crippen LogP contribution in [-0.4, -0.2) is 45.2 Å². The Morgan fingerprint density at radius 3 is 2.48 bits per heavy atom. The molecule has 1 rings (SSSR count). The topological polar surface area (TPSA) is 179 Å². The van der Waals surface area contributed by atoms with E-state index >= 15 is 0 Å². The standard InChI is InChI=1S/C11H12N4O7S/c12-7(11(18)13-4-10(16)17)5-23-9-2-1-6(14(19)20)3-8(9)15(21)22/h1-3,7H,4-5,12H2,(H,13,18)(H,16,17)/t7-/m0/s1. The molecule has 0 heterocycles. The summed E-state index contributed by atoms with van der Waals surface area (Å²) in [6.07, 6.45) is 0. The predicted molar refractivity (Wildman–Crippen MR) is 79.1 cm³/mol. The summed E-state index contributed by atoms with van der Waals surface area (Å²) in [7, 11) is 0. The SMILES string of the molecule is N[C@@H](CSc1ccc([N+](=O)[O-])cc1[N+](=O)[O-])C(=O)NCC(=O)O. The minimum absolute atomic E-state index is 0.0654. The van der Waals surface area contributed by atoms with E-state index in [4.69, 9.17) is 10.8 Å². The minimum Gasteiger partial charge on any atom is -0.480 e. The number of hydrogen-bond acceptors (Lipinski definition) is 8. The molecule has 0 aliphatic heterocycles. The fourth-order valence-corrected chi connectivity index (χ4v) is 2.39. The van der Waals surface area contributed by atoms with E-state index in [1.54, 1.807) is 0 Å². The zero-order valence-corrected chi connectivity index (χ0v) is 12.3. The van der Waals surface area contributed by atoms with E-state index in [0.29, 0.717) is 0 Å². The van der Waals surface area contributed by atoms with Crippen molar-refractivity contribution in [2.24, 2.45) is 5.73 Å². The van der Waals surface area contributed by atoms with Gasteiger partial charge in [-0.3, -0.25) is 29.8 Å². The van der Waals surface area contributed by atoms with Crippen molar-refractivity contribution in [3.8, 4) is 0 Å². The molecule has 12 heteroatoms.